The minimum Gasteiger partial charge on any atom is -0.496 e. The van der Waals surface area contributed by atoms with E-state index in [9.17, 15) is 9.59 Å². The third kappa shape index (κ3) is 4.42. The van der Waals surface area contributed by atoms with Crippen molar-refractivity contribution in [3.05, 3.63) is 58.1 Å². The van der Waals surface area contributed by atoms with Crippen LogP contribution in [0.4, 0.5) is 5.69 Å². The van der Waals surface area contributed by atoms with Crippen molar-refractivity contribution in [2.75, 3.05) is 26.0 Å². The number of carbonyl (C=O) groups excluding carboxylic acids is 2. The highest BCUT2D eigenvalue weighted by Gasteiger charge is 2.17. The Morgan fingerprint density at radius 3 is 2.19 bits per heavy atom. The molecule has 5 heteroatoms. The Morgan fingerprint density at radius 2 is 1.62 bits per heavy atom. The van der Waals surface area contributed by atoms with E-state index in [2.05, 4.69) is 5.32 Å². The fraction of sp³-hybridized carbons (Fsp3) is 0.333. The van der Waals surface area contributed by atoms with E-state index in [1.165, 1.54) is 4.90 Å². The summed E-state index contributed by atoms with van der Waals surface area (Å²) in [5.41, 5.74) is 5.42. The fourth-order valence-corrected chi connectivity index (χ4v) is 3.02. The molecule has 0 heterocycles. The molecule has 2 aromatic rings. The van der Waals surface area contributed by atoms with Crippen LogP contribution in [0.3, 0.4) is 0 Å². The quantitative estimate of drug-likeness (QED) is 0.892. The average molecular weight is 354 g/mol. The van der Waals surface area contributed by atoms with Crippen LogP contribution in [0.15, 0.2) is 30.3 Å². The molecule has 0 fully saturated rings. The predicted molar refractivity (Wildman–Crippen MR) is 104 cm³/mol. The maximum Gasteiger partial charge on any atom is 0.254 e. The molecule has 0 aliphatic rings. The number of nitrogens with zero attached hydrogens (tertiary/aromatic N) is 1. The molecule has 2 rings (SSSR count). The molecule has 2 amide bonds. The van der Waals surface area contributed by atoms with Crippen molar-refractivity contribution < 1.29 is 14.3 Å². The second kappa shape index (κ2) is 8.04. The van der Waals surface area contributed by atoms with Crippen LogP contribution in [0.1, 0.15) is 32.6 Å². The smallest absolute Gasteiger partial charge is 0.254 e. The van der Waals surface area contributed by atoms with Crippen LogP contribution in [0.25, 0.3) is 0 Å². The Morgan fingerprint density at radius 1 is 1.00 bits per heavy atom. The number of amides is 2. The summed E-state index contributed by atoms with van der Waals surface area (Å²) >= 11 is 0. The summed E-state index contributed by atoms with van der Waals surface area (Å²) in [6.07, 6.45) is 0. The van der Waals surface area contributed by atoms with Crippen LogP contribution in [0, 0.1) is 27.7 Å². The molecule has 0 saturated carbocycles. The molecule has 0 saturated heterocycles. The van der Waals surface area contributed by atoms with Gasteiger partial charge in [0, 0.05) is 18.3 Å². The first-order valence-corrected chi connectivity index (χ1v) is 8.50. The highest BCUT2D eigenvalue weighted by atomic mass is 16.5. The number of anilines is 1. The molecule has 0 spiro atoms. The lowest BCUT2D eigenvalue weighted by Gasteiger charge is -2.19. The first-order valence-electron chi connectivity index (χ1n) is 8.50. The van der Waals surface area contributed by atoms with Crippen molar-refractivity contribution in [1.82, 2.24) is 4.90 Å². The number of aryl methyl sites for hydroxylation is 4. The Hall–Kier alpha value is -2.82. The van der Waals surface area contributed by atoms with E-state index in [1.54, 1.807) is 26.3 Å². The van der Waals surface area contributed by atoms with Crippen molar-refractivity contribution >= 4 is 17.5 Å². The van der Waals surface area contributed by atoms with Crippen molar-refractivity contribution in [2.45, 2.75) is 27.7 Å². The molecule has 0 atom stereocenters. The number of hydrogen-bond acceptors (Lipinski definition) is 3. The topological polar surface area (TPSA) is 58.6 Å². The van der Waals surface area contributed by atoms with Gasteiger partial charge in [0.1, 0.15) is 5.75 Å². The third-order valence-corrected chi connectivity index (χ3v) is 4.32. The minimum atomic E-state index is -0.227. The number of carbonyl (C=O) groups is 2. The summed E-state index contributed by atoms with van der Waals surface area (Å²) in [6.45, 7) is 7.83. The van der Waals surface area contributed by atoms with Gasteiger partial charge in [-0.2, -0.15) is 0 Å². The summed E-state index contributed by atoms with van der Waals surface area (Å²) < 4.78 is 5.26. The highest BCUT2D eigenvalue weighted by Crippen LogP contribution is 2.22. The van der Waals surface area contributed by atoms with Crippen LogP contribution in [-0.4, -0.2) is 37.4 Å². The van der Waals surface area contributed by atoms with Crippen molar-refractivity contribution in [3.8, 4) is 5.75 Å². The Labute approximate surface area is 155 Å². The second-order valence-electron chi connectivity index (χ2n) is 6.67. The average Bonchev–Trinajstić information content (AvgIpc) is 2.57. The Balaban J connectivity index is 2.08. The lowest BCUT2D eigenvalue weighted by molar-refractivity contribution is -0.116. The van der Waals surface area contributed by atoms with Crippen LogP contribution in [0.5, 0.6) is 5.75 Å². The summed E-state index contributed by atoms with van der Waals surface area (Å²) in [6, 6.07) is 9.31. The molecule has 26 heavy (non-hydrogen) atoms. The predicted octanol–water partition coefficient (Wildman–Crippen LogP) is 3.64. The number of methoxy groups -OCH3 is 1. The standard InChI is InChI=1S/C21H26N2O3/c1-13-9-15(3)20(16(4)10-13)22-19(24)12-23(5)21(25)17-8-7-14(2)18(11-17)26-6/h7-11H,12H2,1-6H3,(H,22,24). The maximum absolute atomic E-state index is 12.6. The van der Waals surface area contributed by atoms with Gasteiger partial charge in [0.15, 0.2) is 0 Å². The molecule has 0 aliphatic carbocycles. The highest BCUT2D eigenvalue weighted by molar-refractivity contribution is 6.00. The molecule has 0 unspecified atom stereocenters. The number of hydrogen-bond donors (Lipinski definition) is 1. The summed E-state index contributed by atoms with van der Waals surface area (Å²) in [7, 11) is 3.18. The van der Waals surface area contributed by atoms with Crippen molar-refractivity contribution in [1.29, 1.82) is 0 Å². The van der Waals surface area contributed by atoms with E-state index < -0.39 is 0 Å². The maximum atomic E-state index is 12.6. The van der Waals surface area contributed by atoms with Gasteiger partial charge in [-0.15, -0.1) is 0 Å². The molecule has 1 N–H and O–H groups in total. The van der Waals surface area contributed by atoms with Crippen LogP contribution < -0.4 is 10.1 Å². The largest absolute Gasteiger partial charge is 0.496 e. The van der Waals surface area contributed by atoms with Gasteiger partial charge < -0.3 is 15.0 Å². The molecule has 0 aliphatic heterocycles. The van der Waals surface area contributed by atoms with E-state index in [0.29, 0.717) is 11.3 Å². The third-order valence-electron chi connectivity index (χ3n) is 4.32. The zero-order chi connectivity index (χ0) is 19.4. The van der Waals surface area contributed by atoms with Crippen LogP contribution in [0.2, 0.25) is 0 Å². The van der Waals surface area contributed by atoms with Gasteiger partial charge in [0.05, 0.1) is 13.7 Å². The zero-order valence-electron chi connectivity index (χ0n) is 16.3. The first kappa shape index (κ1) is 19.5. The molecular formula is C21H26N2O3. The lowest BCUT2D eigenvalue weighted by Crippen LogP contribution is -2.35. The minimum absolute atomic E-state index is 0.0260. The van der Waals surface area contributed by atoms with Crippen LogP contribution >= 0.6 is 0 Å². The molecule has 0 bridgehead atoms. The van der Waals surface area contributed by atoms with Gasteiger partial charge >= 0.3 is 0 Å². The Bertz CT molecular complexity index is 820. The van der Waals surface area contributed by atoms with Gasteiger partial charge in [-0.25, -0.2) is 0 Å². The summed E-state index contributed by atoms with van der Waals surface area (Å²) in [5, 5.41) is 2.92. The van der Waals surface area contributed by atoms with E-state index in [1.807, 2.05) is 45.9 Å². The zero-order valence-corrected chi connectivity index (χ0v) is 16.3. The first-order chi connectivity index (χ1) is 12.2. The van der Waals surface area contributed by atoms with Gasteiger partial charge in [0.2, 0.25) is 5.91 Å². The number of nitrogens with one attached hydrogen (secondary N) is 1. The van der Waals surface area contributed by atoms with Crippen molar-refractivity contribution in [2.24, 2.45) is 0 Å². The molecule has 0 aromatic heterocycles. The molecule has 5 nitrogen and oxygen atoms in total. The van der Waals surface area contributed by atoms with E-state index >= 15 is 0 Å². The fourth-order valence-electron chi connectivity index (χ4n) is 3.02. The van der Waals surface area contributed by atoms with Gasteiger partial charge in [-0.3, -0.25) is 9.59 Å². The lowest BCUT2D eigenvalue weighted by atomic mass is 10.1. The van der Waals surface area contributed by atoms with Gasteiger partial charge in [-0.05, 0) is 56.5 Å². The number of benzene rings is 2. The normalized spacial score (nSPS) is 10.4. The number of likely N-dealkylation sites (N-methyl/N-ethyl adjacent to an activating group) is 1. The van der Waals surface area contributed by atoms with Crippen LogP contribution in [-0.2, 0) is 4.79 Å². The van der Waals surface area contributed by atoms with E-state index in [-0.39, 0.29) is 18.4 Å². The SMILES string of the molecule is COc1cc(C(=O)N(C)CC(=O)Nc2c(C)cc(C)cc2C)ccc1C. The summed E-state index contributed by atoms with van der Waals surface area (Å²) in [4.78, 5) is 26.4. The molecule has 2 aromatic carbocycles. The van der Waals surface area contributed by atoms with E-state index in [4.69, 9.17) is 4.74 Å². The number of ether oxygens (including phenoxy) is 1. The number of rotatable bonds is 5. The molecule has 138 valence electrons. The monoisotopic (exact) mass is 354 g/mol. The second-order valence-corrected chi connectivity index (χ2v) is 6.67. The Kier molecular flexibility index (Phi) is 6.03. The molecule has 0 radical (unpaired) electrons. The van der Waals surface area contributed by atoms with E-state index in [0.717, 1.165) is 27.9 Å². The van der Waals surface area contributed by atoms with Crippen molar-refractivity contribution in [3.63, 3.8) is 0 Å². The van der Waals surface area contributed by atoms with Gasteiger partial charge in [0.25, 0.3) is 5.91 Å². The summed E-state index contributed by atoms with van der Waals surface area (Å²) in [5.74, 6) is 0.199. The van der Waals surface area contributed by atoms with Gasteiger partial charge in [-0.1, -0.05) is 23.8 Å². The molecular weight excluding hydrogens is 328 g/mol.